The van der Waals surface area contributed by atoms with Gasteiger partial charge in [-0.25, -0.2) is 8.42 Å². The molecular formula is C18H23N3O3S2. The first-order chi connectivity index (χ1) is 12.6. The van der Waals surface area contributed by atoms with Crippen LogP contribution < -0.4 is 10.6 Å². The second kappa shape index (κ2) is 8.66. The molecule has 0 spiro atoms. The highest BCUT2D eigenvalue weighted by atomic mass is 32.2. The molecule has 0 saturated carbocycles. The molecule has 3 rings (SSSR count). The van der Waals surface area contributed by atoms with Crippen LogP contribution in [0.5, 0.6) is 0 Å². The quantitative estimate of drug-likeness (QED) is 0.758. The molecule has 6 nitrogen and oxygen atoms in total. The van der Waals surface area contributed by atoms with Crippen molar-refractivity contribution < 1.29 is 13.2 Å². The number of nitrogens with one attached hydrogen (secondary N) is 2. The van der Waals surface area contributed by atoms with Gasteiger partial charge in [0.25, 0.3) is 0 Å². The van der Waals surface area contributed by atoms with Crippen LogP contribution in [0.15, 0.2) is 46.7 Å². The summed E-state index contributed by atoms with van der Waals surface area (Å²) in [5.74, 6) is -0.136. The van der Waals surface area contributed by atoms with Gasteiger partial charge in [-0.15, -0.1) is 11.3 Å². The van der Waals surface area contributed by atoms with E-state index in [9.17, 15) is 13.2 Å². The molecule has 1 aromatic carbocycles. The van der Waals surface area contributed by atoms with Crippen molar-refractivity contribution in [1.82, 2.24) is 9.62 Å². The molecule has 1 amide bonds. The number of benzene rings is 1. The number of piperidine rings is 1. The molecule has 26 heavy (non-hydrogen) atoms. The number of amides is 1. The number of anilines is 1. The van der Waals surface area contributed by atoms with E-state index >= 15 is 0 Å². The molecule has 0 bridgehead atoms. The monoisotopic (exact) mass is 393 g/mol. The van der Waals surface area contributed by atoms with E-state index in [-0.39, 0.29) is 17.3 Å². The maximum atomic E-state index is 12.7. The van der Waals surface area contributed by atoms with Gasteiger partial charge in [0.05, 0.1) is 18.0 Å². The topological polar surface area (TPSA) is 78.5 Å². The number of rotatable bonds is 7. The number of carbonyl (C=O) groups excluding carboxylic acids is 1. The molecule has 0 aliphatic carbocycles. The predicted octanol–water partition coefficient (Wildman–Crippen LogP) is 2.65. The predicted molar refractivity (Wildman–Crippen MR) is 104 cm³/mol. The molecule has 1 aliphatic rings. The Bertz CT molecular complexity index is 829. The lowest BCUT2D eigenvalue weighted by molar-refractivity contribution is -0.119. The van der Waals surface area contributed by atoms with E-state index in [4.69, 9.17) is 0 Å². The van der Waals surface area contributed by atoms with E-state index in [1.165, 1.54) is 0 Å². The minimum atomic E-state index is -3.47. The van der Waals surface area contributed by atoms with Gasteiger partial charge in [0.1, 0.15) is 0 Å². The molecule has 0 unspecified atom stereocenters. The van der Waals surface area contributed by atoms with Gasteiger partial charge in [0.2, 0.25) is 15.9 Å². The smallest absolute Gasteiger partial charge is 0.243 e. The van der Waals surface area contributed by atoms with E-state index in [2.05, 4.69) is 10.6 Å². The molecule has 0 radical (unpaired) electrons. The van der Waals surface area contributed by atoms with E-state index in [0.717, 1.165) is 24.1 Å². The number of sulfonamides is 1. The molecule has 2 heterocycles. The van der Waals surface area contributed by atoms with Crippen molar-refractivity contribution in [3.63, 3.8) is 0 Å². The van der Waals surface area contributed by atoms with Gasteiger partial charge in [0.15, 0.2) is 0 Å². The summed E-state index contributed by atoms with van der Waals surface area (Å²) >= 11 is 1.59. The minimum Gasteiger partial charge on any atom is -0.376 e. The fourth-order valence-electron chi connectivity index (χ4n) is 2.86. The van der Waals surface area contributed by atoms with Crippen molar-refractivity contribution in [2.75, 3.05) is 25.0 Å². The third kappa shape index (κ3) is 4.84. The van der Waals surface area contributed by atoms with Gasteiger partial charge in [-0.2, -0.15) is 4.31 Å². The molecule has 1 aromatic heterocycles. The Morgan fingerprint density at radius 3 is 2.65 bits per heavy atom. The van der Waals surface area contributed by atoms with E-state index < -0.39 is 10.0 Å². The maximum Gasteiger partial charge on any atom is 0.243 e. The standard InChI is InChI=1S/C18H23N3O3S2/c22-18(20-13-16-7-5-11-25-16)14-19-15-6-4-8-17(12-15)26(23,24)21-9-2-1-3-10-21/h4-8,11-12,19H,1-3,9-10,13-14H2,(H,20,22). The van der Waals surface area contributed by atoms with Crippen LogP contribution in [-0.2, 0) is 21.4 Å². The van der Waals surface area contributed by atoms with Gasteiger partial charge in [-0.1, -0.05) is 18.6 Å². The van der Waals surface area contributed by atoms with Gasteiger partial charge in [-0.05, 0) is 42.5 Å². The molecule has 8 heteroatoms. The van der Waals surface area contributed by atoms with E-state index in [1.54, 1.807) is 39.9 Å². The summed E-state index contributed by atoms with van der Waals surface area (Å²) in [4.78, 5) is 13.3. The summed E-state index contributed by atoms with van der Waals surface area (Å²) in [5.41, 5.74) is 0.620. The summed E-state index contributed by atoms with van der Waals surface area (Å²) in [5, 5.41) is 7.80. The first-order valence-corrected chi connectivity index (χ1v) is 11.0. The van der Waals surface area contributed by atoms with Crippen LogP contribution in [0.4, 0.5) is 5.69 Å². The average molecular weight is 394 g/mol. The highest BCUT2D eigenvalue weighted by Gasteiger charge is 2.25. The zero-order valence-corrected chi connectivity index (χ0v) is 16.1. The van der Waals surface area contributed by atoms with Gasteiger partial charge in [-0.3, -0.25) is 4.79 Å². The zero-order valence-electron chi connectivity index (χ0n) is 14.5. The van der Waals surface area contributed by atoms with Crippen LogP contribution in [0.3, 0.4) is 0 Å². The van der Waals surface area contributed by atoms with Crippen LogP contribution in [0, 0.1) is 0 Å². The Hall–Kier alpha value is -1.90. The van der Waals surface area contributed by atoms with Crippen molar-refractivity contribution in [1.29, 1.82) is 0 Å². The third-order valence-electron chi connectivity index (χ3n) is 4.28. The number of hydrogen-bond acceptors (Lipinski definition) is 5. The van der Waals surface area contributed by atoms with Crippen LogP contribution >= 0.6 is 11.3 Å². The van der Waals surface area contributed by atoms with Crippen molar-refractivity contribution in [2.24, 2.45) is 0 Å². The molecule has 1 aliphatic heterocycles. The summed E-state index contributed by atoms with van der Waals surface area (Å²) in [6.45, 7) is 1.75. The number of nitrogens with zero attached hydrogens (tertiary/aromatic N) is 1. The van der Waals surface area contributed by atoms with Crippen molar-refractivity contribution in [3.05, 3.63) is 46.7 Å². The second-order valence-electron chi connectivity index (χ2n) is 6.20. The zero-order chi connectivity index (χ0) is 18.4. The largest absolute Gasteiger partial charge is 0.376 e. The van der Waals surface area contributed by atoms with E-state index in [1.807, 2.05) is 17.5 Å². The lowest BCUT2D eigenvalue weighted by Crippen LogP contribution is -2.35. The molecule has 0 atom stereocenters. The normalized spacial score (nSPS) is 15.5. The van der Waals surface area contributed by atoms with Crippen LogP contribution in [0.1, 0.15) is 24.1 Å². The Morgan fingerprint density at radius 2 is 1.92 bits per heavy atom. The maximum absolute atomic E-state index is 12.7. The fourth-order valence-corrected chi connectivity index (χ4v) is 5.07. The Balaban J connectivity index is 1.57. The lowest BCUT2D eigenvalue weighted by atomic mass is 10.2. The second-order valence-corrected chi connectivity index (χ2v) is 9.17. The SMILES string of the molecule is O=C(CNc1cccc(S(=O)(=O)N2CCCCC2)c1)NCc1cccs1. The molecule has 1 saturated heterocycles. The molecule has 140 valence electrons. The molecule has 1 fully saturated rings. The Kier molecular flexibility index (Phi) is 6.29. The minimum absolute atomic E-state index is 0.0958. The van der Waals surface area contributed by atoms with Crippen molar-refractivity contribution in [3.8, 4) is 0 Å². The van der Waals surface area contributed by atoms with Gasteiger partial charge < -0.3 is 10.6 Å². The summed E-state index contributed by atoms with van der Waals surface area (Å²) < 4.78 is 27.0. The fraction of sp³-hybridized carbons (Fsp3) is 0.389. The first-order valence-electron chi connectivity index (χ1n) is 8.69. The van der Waals surface area contributed by atoms with Crippen LogP contribution in [0.25, 0.3) is 0 Å². The molecule has 2 N–H and O–H groups in total. The Labute approximate surface area is 158 Å². The number of carbonyl (C=O) groups is 1. The first kappa shape index (κ1) is 18.9. The summed E-state index contributed by atoms with van der Waals surface area (Å²) in [7, 11) is -3.47. The summed E-state index contributed by atoms with van der Waals surface area (Å²) in [6.07, 6.45) is 2.89. The van der Waals surface area contributed by atoms with Gasteiger partial charge in [0, 0.05) is 23.7 Å². The Morgan fingerprint density at radius 1 is 1.12 bits per heavy atom. The highest BCUT2D eigenvalue weighted by Crippen LogP contribution is 2.22. The van der Waals surface area contributed by atoms with Crippen molar-refractivity contribution >= 4 is 33.0 Å². The summed E-state index contributed by atoms with van der Waals surface area (Å²) in [6, 6.07) is 10.6. The lowest BCUT2D eigenvalue weighted by Gasteiger charge is -2.26. The number of thiophene rings is 1. The highest BCUT2D eigenvalue weighted by molar-refractivity contribution is 7.89. The van der Waals surface area contributed by atoms with E-state index in [0.29, 0.717) is 25.3 Å². The molecular weight excluding hydrogens is 370 g/mol. The van der Waals surface area contributed by atoms with Crippen LogP contribution in [-0.4, -0.2) is 38.3 Å². The van der Waals surface area contributed by atoms with Crippen LogP contribution in [0.2, 0.25) is 0 Å². The number of hydrogen-bond donors (Lipinski definition) is 2. The van der Waals surface area contributed by atoms with Gasteiger partial charge >= 0.3 is 0 Å². The van der Waals surface area contributed by atoms with Crippen molar-refractivity contribution in [2.45, 2.75) is 30.7 Å². The third-order valence-corrected chi connectivity index (χ3v) is 7.05. The average Bonchev–Trinajstić information content (AvgIpc) is 3.19. The molecule has 2 aromatic rings.